The lowest BCUT2D eigenvalue weighted by atomic mass is 10.3. The van der Waals surface area contributed by atoms with Crippen LogP contribution in [-0.4, -0.2) is 45.1 Å². The van der Waals surface area contributed by atoms with Gasteiger partial charge in [-0.05, 0) is 35.8 Å². The molecule has 0 aliphatic carbocycles. The average molecular weight is 381 g/mol. The second-order valence-electron chi connectivity index (χ2n) is 5.07. The minimum Gasteiger partial charge on any atom is -0.452 e. The highest BCUT2D eigenvalue weighted by Crippen LogP contribution is 2.30. The zero-order valence-corrected chi connectivity index (χ0v) is 14.7. The second kappa shape index (κ2) is 7.23. The largest absolute Gasteiger partial charge is 0.452 e. The molecule has 6 nitrogen and oxygen atoms in total. The Balaban J connectivity index is 2.19. The number of rotatable bonds is 6. The lowest BCUT2D eigenvalue weighted by Gasteiger charge is -2.31. The minimum absolute atomic E-state index is 0.174. The Bertz CT molecular complexity index is 573. The Morgan fingerprint density at radius 1 is 1.52 bits per heavy atom. The van der Waals surface area contributed by atoms with Crippen molar-refractivity contribution in [3.05, 3.63) is 16.5 Å². The fraction of sp³-hybridized carbons (Fsp3) is 0.692. The van der Waals surface area contributed by atoms with E-state index in [0.29, 0.717) is 32.1 Å². The van der Waals surface area contributed by atoms with Gasteiger partial charge in [0.25, 0.3) is 0 Å². The zero-order chi connectivity index (χ0) is 15.5. The Morgan fingerprint density at radius 2 is 2.29 bits per heavy atom. The summed E-state index contributed by atoms with van der Waals surface area (Å²) in [6.45, 7) is 6.49. The van der Waals surface area contributed by atoms with E-state index in [1.165, 1.54) is 4.31 Å². The van der Waals surface area contributed by atoms with Crippen molar-refractivity contribution < 1.29 is 17.6 Å². The molecule has 1 aliphatic heterocycles. The average Bonchev–Trinajstić information content (AvgIpc) is 2.81. The quantitative estimate of drug-likeness (QED) is 0.763. The summed E-state index contributed by atoms with van der Waals surface area (Å²) < 4.78 is 38.0. The molecule has 0 aromatic carbocycles. The monoisotopic (exact) mass is 380 g/mol. The highest BCUT2D eigenvalue weighted by Gasteiger charge is 2.34. The number of hydrogen-bond acceptors (Lipinski definition) is 5. The third-order valence-corrected chi connectivity index (χ3v) is 6.20. The summed E-state index contributed by atoms with van der Waals surface area (Å²) in [6.07, 6.45) is 1.01. The van der Waals surface area contributed by atoms with E-state index in [9.17, 15) is 8.42 Å². The zero-order valence-electron chi connectivity index (χ0n) is 12.3. The van der Waals surface area contributed by atoms with E-state index in [0.717, 1.165) is 13.0 Å². The van der Waals surface area contributed by atoms with Crippen LogP contribution in [0.5, 0.6) is 0 Å². The Hall–Kier alpha value is -0.410. The predicted molar refractivity (Wildman–Crippen MR) is 82.6 cm³/mol. The molecule has 1 unspecified atom stereocenters. The number of ether oxygens (including phenoxy) is 1. The van der Waals surface area contributed by atoms with Gasteiger partial charge in [-0.2, -0.15) is 4.31 Å². The van der Waals surface area contributed by atoms with Crippen LogP contribution in [-0.2, 0) is 21.3 Å². The van der Waals surface area contributed by atoms with Gasteiger partial charge in [0.05, 0.1) is 19.8 Å². The van der Waals surface area contributed by atoms with Gasteiger partial charge < -0.3 is 14.5 Å². The summed E-state index contributed by atoms with van der Waals surface area (Å²) >= 11 is 3.22. The second-order valence-corrected chi connectivity index (χ2v) is 7.65. The summed E-state index contributed by atoms with van der Waals surface area (Å²) in [7, 11) is -3.57. The number of nitrogens with zero attached hydrogens (tertiary/aromatic N) is 1. The van der Waals surface area contributed by atoms with Crippen LogP contribution in [0.15, 0.2) is 20.0 Å². The predicted octanol–water partition coefficient (Wildman–Crippen LogP) is 1.95. The standard InChI is InChI=1S/C13H21BrN2O4S/c1-3-4-15-8-11-7-12(13(14)20-11)21(17,18)16-5-6-19-9-10(16)2/h7,10,15H,3-6,8-9H2,1-2H3. The van der Waals surface area contributed by atoms with Crippen molar-refractivity contribution >= 4 is 26.0 Å². The van der Waals surface area contributed by atoms with E-state index >= 15 is 0 Å². The fourth-order valence-electron chi connectivity index (χ4n) is 2.24. The van der Waals surface area contributed by atoms with Gasteiger partial charge in [0, 0.05) is 18.7 Å². The maximum atomic E-state index is 12.7. The van der Waals surface area contributed by atoms with Crippen molar-refractivity contribution in [2.75, 3.05) is 26.3 Å². The first-order valence-corrected chi connectivity index (χ1v) is 9.28. The van der Waals surface area contributed by atoms with Crippen LogP contribution < -0.4 is 5.32 Å². The molecule has 1 aromatic rings. The lowest BCUT2D eigenvalue weighted by Crippen LogP contribution is -2.46. The smallest absolute Gasteiger partial charge is 0.247 e. The van der Waals surface area contributed by atoms with Crippen molar-refractivity contribution in [2.45, 2.75) is 37.8 Å². The molecule has 2 rings (SSSR count). The normalized spacial score (nSPS) is 20.8. The van der Waals surface area contributed by atoms with Gasteiger partial charge in [-0.3, -0.25) is 0 Å². The first-order valence-electron chi connectivity index (χ1n) is 7.05. The minimum atomic E-state index is -3.57. The van der Waals surface area contributed by atoms with Crippen LogP contribution in [0.2, 0.25) is 0 Å². The van der Waals surface area contributed by atoms with Crippen LogP contribution in [0.25, 0.3) is 0 Å². The maximum absolute atomic E-state index is 12.7. The van der Waals surface area contributed by atoms with Crippen LogP contribution in [0.4, 0.5) is 0 Å². The molecule has 0 spiro atoms. The first-order chi connectivity index (χ1) is 9.96. The lowest BCUT2D eigenvalue weighted by molar-refractivity contribution is 0.0392. The van der Waals surface area contributed by atoms with Crippen LogP contribution >= 0.6 is 15.9 Å². The SMILES string of the molecule is CCCNCc1cc(S(=O)(=O)N2CCOCC2C)c(Br)o1. The molecule has 8 heteroatoms. The van der Waals surface area contributed by atoms with Crippen molar-refractivity contribution in [1.82, 2.24) is 9.62 Å². The van der Waals surface area contributed by atoms with Gasteiger partial charge in [-0.15, -0.1) is 0 Å². The molecule has 21 heavy (non-hydrogen) atoms. The summed E-state index contributed by atoms with van der Waals surface area (Å²) in [5.41, 5.74) is 0. The maximum Gasteiger partial charge on any atom is 0.247 e. The molecule has 1 aromatic heterocycles. The molecule has 1 N–H and O–H groups in total. The number of hydrogen-bond donors (Lipinski definition) is 1. The number of morpholine rings is 1. The van der Waals surface area contributed by atoms with Crippen LogP contribution in [0.3, 0.4) is 0 Å². The highest BCUT2D eigenvalue weighted by molar-refractivity contribution is 9.10. The van der Waals surface area contributed by atoms with E-state index in [1.807, 2.05) is 6.92 Å². The van der Waals surface area contributed by atoms with E-state index in [-0.39, 0.29) is 15.6 Å². The molecule has 1 atom stereocenters. The van der Waals surface area contributed by atoms with Gasteiger partial charge in [0.2, 0.25) is 10.0 Å². The van der Waals surface area contributed by atoms with E-state index < -0.39 is 10.0 Å². The molecule has 0 saturated carbocycles. The molecule has 120 valence electrons. The molecule has 0 amide bonds. The first kappa shape index (κ1) is 17.0. The summed E-state index contributed by atoms with van der Waals surface area (Å²) in [4.78, 5) is 0.185. The summed E-state index contributed by atoms with van der Waals surface area (Å²) in [6, 6.07) is 1.41. The van der Waals surface area contributed by atoms with Gasteiger partial charge in [-0.1, -0.05) is 6.92 Å². The molecule has 1 aliphatic rings. The van der Waals surface area contributed by atoms with Crippen LogP contribution in [0, 0.1) is 0 Å². The third kappa shape index (κ3) is 3.87. The summed E-state index contributed by atoms with van der Waals surface area (Å²) in [5, 5.41) is 3.19. The van der Waals surface area contributed by atoms with Crippen molar-refractivity contribution in [3.8, 4) is 0 Å². The van der Waals surface area contributed by atoms with Gasteiger partial charge in [0.1, 0.15) is 10.7 Å². The van der Waals surface area contributed by atoms with Gasteiger partial charge in [-0.25, -0.2) is 8.42 Å². The molecule has 0 bridgehead atoms. The molecule has 1 fully saturated rings. The Morgan fingerprint density at radius 3 is 2.95 bits per heavy atom. The number of nitrogens with one attached hydrogen (secondary N) is 1. The van der Waals surface area contributed by atoms with Crippen LogP contribution in [0.1, 0.15) is 26.0 Å². The fourth-order valence-corrected chi connectivity index (χ4v) is 4.81. The molecule has 2 heterocycles. The molecular weight excluding hydrogens is 360 g/mol. The Labute approximate surface area is 134 Å². The van der Waals surface area contributed by atoms with Crippen molar-refractivity contribution in [3.63, 3.8) is 0 Å². The van der Waals surface area contributed by atoms with E-state index in [1.54, 1.807) is 6.07 Å². The number of sulfonamides is 1. The number of halogens is 1. The van der Waals surface area contributed by atoms with Crippen molar-refractivity contribution in [1.29, 1.82) is 0 Å². The third-order valence-electron chi connectivity index (χ3n) is 3.33. The Kier molecular flexibility index (Phi) is 5.84. The van der Waals surface area contributed by atoms with Gasteiger partial charge in [0.15, 0.2) is 4.67 Å². The highest BCUT2D eigenvalue weighted by atomic mass is 79.9. The summed E-state index contributed by atoms with van der Waals surface area (Å²) in [5.74, 6) is 0.606. The van der Waals surface area contributed by atoms with Gasteiger partial charge >= 0.3 is 0 Å². The number of furan rings is 1. The van der Waals surface area contributed by atoms with E-state index in [4.69, 9.17) is 9.15 Å². The molecule has 1 saturated heterocycles. The van der Waals surface area contributed by atoms with E-state index in [2.05, 4.69) is 28.2 Å². The molecular formula is C13H21BrN2O4S. The topological polar surface area (TPSA) is 71.8 Å². The molecule has 0 radical (unpaired) electrons. The van der Waals surface area contributed by atoms with Crippen molar-refractivity contribution in [2.24, 2.45) is 0 Å².